The van der Waals surface area contributed by atoms with Gasteiger partial charge in [0.15, 0.2) is 4.77 Å². The number of rotatable bonds is 3. The van der Waals surface area contributed by atoms with Crippen molar-refractivity contribution in [3.8, 4) is 0 Å². The van der Waals surface area contributed by atoms with Gasteiger partial charge in [0.1, 0.15) is 0 Å². The van der Waals surface area contributed by atoms with Crippen molar-refractivity contribution < 1.29 is 4.74 Å². The first kappa shape index (κ1) is 10.6. The summed E-state index contributed by atoms with van der Waals surface area (Å²) in [7, 11) is 3.92. The quantitative estimate of drug-likeness (QED) is 0.787. The Bertz CT molecular complexity index is 380. The van der Waals surface area contributed by atoms with Crippen LogP contribution in [0.1, 0.15) is 12.8 Å². The van der Waals surface area contributed by atoms with Crippen molar-refractivity contribution in [2.24, 2.45) is 7.05 Å². The number of hydrogen-bond donors (Lipinski definition) is 1. The van der Waals surface area contributed by atoms with Crippen LogP contribution in [-0.2, 0) is 11.8 Å². The molecule has 5 nitrogen and oxygen atoms in total. The summed E-state index contributed by atoms with van der Waals surface area (Å²) in [4.78, 5) is 2.07. The molecule has 1 fully saturated rings. The zero-order valence-electron chi connectivity index (χ0n) is 9.06. The number of ether oxygens (including phenoxy) is 1. The Hall–Kier alpha value is -0.880. The van der Waals surface area contributed by atoms with Crippen molar-refractivity contribution in [2.75, 3.05) is 25.1 Å². The van der Waals surface area contributed by atoms with E-state index < -0.39 is 0 Å². The van der Waals surface area contributed by atoms with E-state index in [0.29, 0.717) is 10.9 Å². The Morgan fingerprint density at radius 3 is 3.07 bits per heavy atom. The normalized spacial score (nSPS) is 20.8. The summed E-state index contributed by atoms with van der Waals surface area (Å²) < 4.78 is 8.08. The first-order chi connectivity index (χ1) is 7.18. The van der Waals surface area contributed by atoms with Gasteiger partial charge in [-0.2, -0.15) is 0 Å². The van der Waals surface area contributed by atoms with Gasteiger partial charge in [0.2, 0.25) is 5.95 Å². The smallest absolute Gasteiger partial charge is 0.225 e. The number of H-pyrrole nitrogens is 1. The van der Waals surface area contributed by atoms with E-state index in [1.165, 1.54) is 0 Å². The van der Waals surface area contributed by atoms with Crippen LogP contribution in [0.25, 0.3) is 0 Å². The average molecular weight is 228 g/mol. The third-order valence-corrected chi connectivity index (χ3v) is 3.06. The molecule has 1 unspecified atom stereocenters. The third-order valence-electron chi connectivity index (χ3n) is 2.70. The monoisotopic (exact) mass is 228 g/mol. The summed E-state index contributed by atoms with van der Waals surface area (Å²) in [6.07, 6.45) is 2.64. The molecule has 0 radical (unpaired) electrons. The Morgan fingerprint density at radius 2 is 2.53 bits per heavy atom. The summed E-state index contributed by atoms with van der Waals surface area (Å²) in [6.45, 7) is 1.75. The second-order valence-electron chi connectivity index (χ2n) is 3.90. The first-order valence-corrected chi connectivity index (χ1v) is 5.53. The van der Waals surface area contributed by atoms with E-state index in [1.54, 1.807) is 0 Å². The summed E-state index contributed by atoms with van der Waals surface area (Å²) in [5.74, 6) is 0.857. The van der Waals surface area contributed by atoms with Gasteiger partial charge in [0.05, 0.1) is 6.10 Å². The molecule has 1 aliphatic rings. The molecule has 0 bridgehead atoms. The fourth-order valence-electron chi connectivity index (χ4n) is 1.86. The molecule has 1 saturated heterocycles. The van der Waals surface area contributed by atoms with E-state index in [0.717, 1.165) is 31.9 Å². The van der Waals surface area contributed by atoms with Crippen molar-refractivity contribution in [2.45, 2.75) is 18.9 Å². The van der Waals surface area contributed by atoms with Gasteiger partial charge in [-0.15, -0.1) is 5.10 Å². The Balaban J connectivity index is 2.03. The summed E-state index contributed by atoms with van der Waals surface area (Å²) >= 11 is 5.06. The maximum absolute atomic E-state index is 5.58. The van der Waals surface area contributed by atoms with Gasteiger partial charge in [-0.05, 0) is 25.1 Å². The maximum atomic E-state index is 5.58. The van der Waals surface area contributed by atoms with Crippen molar-refractivity contribution in [3.63, 3.8) is 0 Å². The van der Waals surface area contributed by atoms with E-state index >= 15 is 0 Å². The molecule has 84 valence electrons. The zero-order chi connectivity index (χ0) is 10.8. The van der Waals surface area contributed by atoms with Crippen LogP contribution in [-0.4, -0.2) is 41.1 Å². The minimum atomic E-state index is 0.334. The number of aromatic amines is 1. The number of nitrogens with one attached hydrogen (secondary N) is 1. The van der Waals surface area contributed by atoms with Crippen LogP contribution in [0.5, 0.6) is 0 Å². The van der Waals surface area contributed by atoms with E-state index in [4.69, 9.17) is 17.0 Å². The molecule has 15 heavy (non-hydrogen) atoms. The standard InChI is InChI=1S/C9H16N4OS/c1-12(6-7-4-3-5-14-7)8-10-11-9(15)13(8)2/h7H,3-6H2,1-2H3,(H,11,15). The van der Waals surface area contributed by atoms with Crippen LogP contribution in [0.15, 0.2) is 0 Å². The average Bonchev–Trinajstić information content (AvgIpc) is 2.79. The van der Waals surface area contributed by atoms with E-state index in [-0.39, 0.29) is 0 Å². The van der Waals surface area contributed by atoms with Gasteiger partial charge in [-0.3, -0.25) is 4.57 Å². The van der Waals surface area contributed by atoms with Gasteiger partial charge < -0.3 is 9.64 Å². The lowest BCUT2D eigenvalue weighted by molar-refractivity contribution is 0.116. The number of aromatic nitrogens is 3. The van der Waals surface area contributed by atoms with Crippen molar-refractivity contribution >= 4 is 18.2 Å². The van der Waals surface area contributed by atoms with Crippen LogP contribution in [0.2, 0.25) is 0 Å². The second-order valence-corrected chi connectivity index (χ2v) is 4.29. The lowest BCUT2D eigenvalue weighted by Gasteiger charge is -2.20. The van der Waals surface area contributed by atoms with Crippen LogP contribution in [0.4, 0.5) is 5.95 Å². The van der Waals surface area contributed by atoms with E-state index in [2.05, 4.69) is 15.1 Å². The predicted molar refractivity (Wildman–Crippen MR) is 60.6 cm³/mol. The van der Waals surface area contributed by atoms with Crippen molar-refractivity contribution in [1.29, 1.82) is 0 Å². The number of nitrogens with zero attached hydrogens (tertiary/aromatic N) is 3. The lowest BCUT2D eigenvalue weighted by atomic mass is 10.2. The molecule has 2 rings (SSSR count). The van der Waals surface area contributed by atoms with Gasteiger partial charge in [-0.1, -0.05) is 0 Å². The van der Waals surface area contributed by atoms with Crippen LogP contribution < -0.4 is 4.90 Å². The molecular formula is C9H16N4OS. The molecule has 1 N–H and O–H groups in total. The minimum absolute atomic E-state index is 0.334. The molecule has 6 heteroatoms. The molecule has 1 aliphatic heterocycles. The highest BCUT2D eigenvalue weighted by molar-refractivity contribution is 7.71. The summed E-state index contributed by atoms with van der Waals surface area (Å²) in [5, 5.41) is 6.95. The lowest BCUT2D eigenvalue weighted by Crippen LogP contribution is -2.30. The maximum Gasteiger partial charge on any atom is 0.225 e. The topological polar surface area (TPSA) is 46.1 Å². The fourth-order valence-corrected chi connectivity index (χ4v) is 1.98. The fraction of sp³-hybridized carbons (Fsp3) is 0.778. The number of anilines is 1. The Labute approximate surface area is 94.0 Å². The summed E-state index contributed by atoms with van der Waals surface area (Å²) in [6, 6.07) is 0. The highest BCUT2D eigenvalue weighted by atomic mass is 32.1. The predicted octanol–water partition coefficient (Wildman–Crippen LogP) is 1.09. The molecule has 0 amide bonds. The molecule has 1 atom stereocenters. The number of likely N-dealkylation sites (N-methyl/N-ethyl adjacent to an activating group) is 1. The molecule has 1 aromatic rings. The molecular weight excluding hydrogens is 212 g/mol. The Kier molecular flexibility index (Phi) is 3.06. The molecule has 0 spiro atoms. The molecule has 0 saturated carbocycles. The molecule has 0 aromatic carbocycles. The molecule has 1 aromatic heterocycles. The molecule has 2 heterocycles. The third kappa shape index (κ3) is 2.21. The van der Waals surface area contributed by atoms with Crippen LogP contribution >= 0.6 is 12.2 Å². The first-order valence-electron chi connectivity index (χ1n) is 5.12. The zero-order valence-corrected chi connectivity index (χ0v) is 9.88. The Morgan fingerprint density at radius 1 is 1.73 bits per heavy atom. The van der Waals surface area contributed by atoms with Gasteiger partial charge >= 0.3 is 0 Å². The van der Waals surface area contributed by atoms with Gasteiger partial charge in [0, 0.05) is 27.2 Å². The van der Waals surface area contributed by atoms with Crippen LogP contribution in [0, 0.1) is 4.77 Å². The van der Waals surface area contributed by atoms with Crippen LogP contribution in [0.3, 0.4) is 0 Å². The largest absolute Gasteiger partial charge is 0.376 e. The minimum Gasteiger partial charge on any atom is -0.376 e. The van der Waals surface area contributed by atoms with Gasteiger partial charge in [-0.25, -0.2) is 5.10 Å². The van der Waals surface area contributed by atoms with Gasteiger partial charge in [0.25, 0.3) is 0 Å². The summed E-state index contributed by atoms with van der Waals surface area (Å²) in [5.41, 5.74) is 0. The molecule has 0 aliphatic carbocycles. The van der Waals surface area contributed by atoms with Crippen molar-refractivity contribution in [3.05, 3.63) is 4.77 Å². The van der Waals surface area contributed by atoms with E-state index in [9.17, 15) is 0 Å². The van der Waals surface area contributed by atoms with E-state index in [1.807, 2.05) is 18.7 Å². The van der Waals surface area contributed by atoms with Crippen molar-refractivity contribution in [1.82, 2.24) is 14.8 Å². The second kappa shape index (κ2) is 4.32. The highest BCUT2D eigenvalue weighted by Gasteiger charge is 2.19. The highest BCUT2D eigenvalue weighted by Crippen LogP contribution is 2.15. The number of hydrogen-bond acceptors (Lipinski definition) is 4. The SMILES string of the molecule is CN(CC1CCCO1)c1n[nH]c(=S)n1C.